The number of nitrogens with two attached hydrogens (primary N) is 1. The number of hydrogen-bond donors (Lipinski definition) is 3. The monoisotopic (exact) mass is 297 g/mol. The third-order valence-corrected chi connectivity index (χ3v) is 3.93. The molecule has 0 saturated carbocycles. The molecule has 2 aromatic heterocycles. The van der Waals surface area contributed by atoms with Crippen molar-refractivity contribution >= 4 is 27.2 Å². The normalized spacial score (nSPS) is 11.4. The quantitative estimate of drug-likeness (QED) is 0.665. The maximum Gasteiger partial charge on any atom is 0.243 e. The van der Waals surface area contributed by atoms with Crippen molar-refractivity contribution in [1.82, 2.24) is 19.7 Å². The lowest BCUT2D eigenvalue weighted by molar-refractivity contribution is 0.580. The van der Waals surface area contributed by atoms with E-state index in [-0.39, 0.29) is 22.1 Å². The number of H-pyrrole nitrogens is 1. The third kappa shape index (κ3) is 3.13. The first-order valence-electron chi connectivity index (χ1n) is 5.22. The van der Waals surface area contributed by atoms with Crippen LogP contribution in [0.25, 0.3) is 0 Å². The minimum absolute atomic E-state index is 0.0398. The molecule has 4 N–H and O–H groups in total. The Hall–Kier alpha value is -1.84. The van der Waals surface area contributed by atoms with Crippen molar-refractivity contribution < 1.29 is 8.42 Å². The van der Waals surface area contributed by atoms with Crippen LogP contribution in [0.1, 0.15) is 11.4 Å². The van der Waals surface area contributed by atoms with E-state index < -0.39 is 10.0 Å². The fourth-order valence-corrected chi connectivity index (χ4v) is 2.83. The van der Waals surface area contributed by atoms with Crippen LogP contribution in [-0.2, 0) is 16.6 Å². The predicted octanol–water partition coefficient (Wildman–Crippen LogP) is -0.0826. The minimum Gasteiger partial charge on any atom is -0.388 e. The number of rotatable bonds is 5. The van der Waals surface area contributed by atoms with Crippen LogP contribution in [0, 0.1) is 0 Å². The zero-order valence-electron chi connectivity index (χ0n) is 9.70. The molecular weight excluding hydrogens is 286 g/mol. The molecule has 2 aromatic rings. The lowest BCUT2D eigenvalue weighted by Crippen LogP contribution is -2.27. The van der Waals surface area contributed by atoms with Crippen LogP contribution in [0.4, 0.5) is 0 Å². The highest BCUT2D eigenvalue weighted by atomic mass is 32.2. The van der Waals surface area contributed by atoms with Crippen molar-refractivity contribution in [2.45, 2.75) is 11.4 Å². The number of nitrogens with zero attached hydrogens (tertiary/aromatic N) is 2. The summed E-state index contributed by atoms with van der Waals surface area (Å²) in [4.78, 5) is 10.4. The second kappa shape index (κ2) is 5.43. The second-order valence-electron chi connectivity index (χ2n) is 3.62. The second-order valence-corrected chi connectivity index (χ2v) is 5.79. The van der Waals surface area contributed by atoms with Crippen molar-refractivity contribution in [3.63, 3.8) is 0 Å². The van der Waals surface area contributed by atoms with Crippen molar-refractivity contribution in [3.8, 4) is 0 Å². The number of pyridine rings is 1. The average molecular weight is 297 g/mol. The summed E-state index contributed by atoms with van der Waals surface area (Å²) in [5.41, 5.74) is 6.18. The van der Waals surface area contributed by atoms with E-state index >= 15 is 0 Å². The lowest BCUT2D eigenvalue weighted by atomic mass is 10.3. The Morgan fingerprint density at radius 3 is 2.95 bits per heavy atom. The number of aromatic nitrogens is 3. The van der Waals surface area contributed by atoms with E-state index in [1.165, 1.54) is 30.9 Å². The fraction of sp³-hybridized carbons (Fsp3) is 0.100. The van der Waals surface area contributed by atoms with Crippen molar-refractivity contribution in [1.29, 1.82) is 0 Å². The van der Waals surface area contributed by atoms with E-state index in [9.17, 15) is 8.42 Å². The van der Waals surface area contributed by atoms with Gasteiger partial charge in [-0.25, -0.2) is 18.1 Å². The van der Waals surface area contributed by atoms with Gasteiger partial charge >= 0.3 is 0 Å². The smallest absolute Gasteiger partial charge is 0.243 e. The number of nitrogens with one attached hydrogen (secondary N) is 2. The first kappa shape index (κ1) is 13.6. The first-order chi connectivity index (χ1) is 9.00. The zero-order valence-corrected chi connectivity index (χ0v) is 11.3. The lowest BCUT2D eigenvalue weighted by Gasteiger charge is -2.08. The summed E-state index contributed by atoms with van der Waals surface area (Å²) in [5, 5.41) is 0. The summed E-state index contributed by atoms with van der Waals surface area (Å²) in [7, 11) is -3.74. The van der Waals surface area contributed by atoms with Gasteiger partial charge < -0.3 is 10.7 Å². The van der Waals surface area contributed by atoms with Crippen LogP contribution in [0.15, 0.2) is 35.7 Å². The van der Waals surface area contributed by atoms with Gasteiger partial charge in [-0.2, -0.15) is 0 Å². The number of aromatic amines is 1. The topological polar surface area (TPSA) is 114 Å². The molecule has 0 radical (unpaired) electrons. The van der Waals surface area contributed by atoms with Crippen LogP contribution in [0.2, 0.25) is 0 Å². The fourth-order valence-electron chi connectivity index (χ4n) is 1.42. The summed E-state index contributed by atoms with van der Waals surface area (Å²) in [6.07, 6.45) is 4.43. The Labute approximate surface area is 115 Å². The molecule has 100 valence electrons. The molecule has 19 heavy (non-hydrogen) atoms. The first-order valence-corrected chi connectivity index (χ1v) is 7.11. The Kier molecular flexibility index (Phi) is 3.88. The summed E-state index contributed by atoms with van der Waals surface area (Å²) in [6, 6.07) is 2.91. The largest absolute Gasteiger partial charge is 0.388 e. The standard InChI is InChI=1S/C10H11N5O2S2/c11-10(18)9-8(2-1-3-13-9)19(16,17)15-5-7-4-12-6-14-7/h1-4,6,15H,5H2,(H2,11,18)(H,12,14). The van der Waals surface area contributed by atoms with Crippen LogP contribution < -0.4 is 10.5 Å². The molecule has 0 aliphatic carbocycles. The molecule has 0 saturated heterocycles. The van der Waals surface area contributed by atoms with Gasteiger partial charge in [0, 0.05) is 18.1 Å². The predicted molar refractivity (Wildman–Crippen MR) is 72.7 cm³/mol. The zero-order chi connectivity index (χ0) is 13.9. The van der Waals surface area contributed by atoms with Crippen LogP contribution >= 0.6 is 12.2 Å². The van der Waals surface area contributed by atoms with Crippen molar-refractivity contribution in [3.05, 3.63) is 42.2 Å². The molecule has 0 fully saturated rings. The van der Waals surface area contributed by atoms with E-state index in [4.69, 9.17) is 18.0 Å². The Morgan fingerprint density at radius 1 is 1.53 bits per heavy atom. The summed E-state index contributed by atoms with van der Waals surface area (Å²) < 4.78 is 26.7. The van der Waals surface area contributed by atoms with Crippen LogP contribution in [0.5, 0.6) is 0 Å². The molecule has 0 amide bonds. The van der Waals surface area contributed by atoms with Gasteiger partial charge in [0.2, 0.25) is 10.0 Å². The van der Waals surface area contributed by atoms with E-state index in [0.717, 1.165) is 0 Å². The molecule has 9 heteroatoms. The molecule has 2 rings (SSSR count). The molecule has 0 aliphatic rings. The highest BCUT2D eigenvalue weighted by molar-refractivity contribution is 7.89. The van der Waals surface area contributed by atoms with E-state index in [2.05, 4.69) is 19.7 Å². The summed E-state index contributed by atoms with van der Waals surface area (Å²) in [6.45, 7) is 0.0913. The summed E-state index contributed by atoms with van der Waals surface area (Å²) >= 11 is 4.79. The Balaban J connectivity index is 2.27. The van der Waals surface area contributed by atoms with Gasteiger partial charge in [0.15, 0.2) is 0 Å². The molecule has 0 atom stereocenters. The van der Waals surface area contributed by atoms with Gasteiger partial charge in [-0.05, 0) is 12.1 Å². The number of hydrogen-bond acceptors (Lipinski definition) is 5. The minimum atomic E-state index is -3.74. The number of sulfonamides is 1. The van der Waals surface area contributed by atoms with Gasteiger partial charge in [-0.15, -0.1) is 0 Å². The molecule has 0 aliphatic heterocycles. The van der Waals surface area contributed by atoms with Gasteiger partial charge in [-0.3, -0.25) is 4.98 Å². The summed E-state index contributed by atoms with van der Waals surface area (Å²) in [5.74, 6) is 0. The number of imidazole rings is 1. The van der Waals surface area contributed by atoms with Crippen molar-refractivity contribution in [2.75, 3.05) is 0 Å². The van der Waals surface area contributed by atoms with E-state index in [1.54, 1.807) is 0 Å². The molecular formula is C10H11N5O2S2. The molecule has 2 heterocycles. The van der Waals surface area contributed by atoms with Gasteiger partial charge in [0.1, 0.15) is 15.6 Å². The molecule has 0 unspecified atom stereocenters. The number of thiocarbonyl (C=S) groups is 1. The molecule has 7 nitrogen and oxygen atoms in total. The molecule has 0 aromatic carbocycles. The van der Waals surface area contributed by atoms with Crippen molar-refractivity contribution in [2.24, 2.45) is 5.73 Å². The maximum absolute atomic E-state index is 12.2. The third-order valence-electron chi connectivity index (χ3n) is 2.30. The molecule has 0 bridgehead atoms. The van der Waals surface area contributed by atoms with E-state index in [0.29, 0.717) is 5.69 Å². The van der Waals surface area contributed by atoms with Crippen LogP contribution in [0.3, 0.4) is 0 Å². The van der Waals surface area contributed by atoms with Crippen LogP contribution in [-0.4, -0.2) is 28.4 Å². The molecule has 0 spiro atoms. The average Bonchev–Trinajstić information content (AvgIpc) is 2.89. The highest BCUT2D eigenvalue weighted by Crippen LogP contribution is 2.13. The SMILES string of the molecule is NC(=S)c1ncccc1S(=O)(=O)NCc1cnc[nH]1. The Bertz CT molecular complexity index is 682. The Morgan fingerprint density at radius 2 is 2.32 bits per heavy atom. The highest BCUT2D eigenvalue weighted by Gasteiger charge is 2.20. The maximum atomic E-state index is 12.2. The van der Waals surface area contributed by atoms with Gasteiger partial charge in [-0.1, -0.05) is 12.2 Å². The van der Waals surface area contributed by atoms with Gasteiger partial charge in [0.25, 0.3) is 0 Å². The van der Waals surface area contributed by atoms with E-state index in [1.807, 2.05) is 0 Å². The van der Waals surface area contributed by atoms with Gasteiger partial charge in [0.05, 0.1) is 12.9 Å².